The molecule has 1 aromatic heterocycles. The van der Waals surface area contributed by atoms with Gasteiger partial charge in [0.25, 0.3) is 0 Å². The lowest BCUT2D eigenvalue weighted by Gasteiger charge is -2.13. The molecule has 1 saturated carbocycles. The topological polar surface area (TPSA) is 55.1 Å². The van der Waals surface area contributed by atoms with E-state index in [9.17, 15) is 18.0 Å². The van der Waals surface area contributed by atoms with Crippen LogP contribution in [0.15, 0.2) is 53.1 Å². The third kappa shape index (κ3) is 2.75. The third-order valence-corrected chi connectivity index (χ3v) is 4.50. The van der Waals surface area contributed by atoms with Crippen molar-refractivity contribution < 1.29 is 22.5 Å². The van der Waals surface area contributed by atoms with Crippen molar-refractivity contribution in [3.05, 3.63) is 71.7 Å². The number of rotatable bonds is 4. The van der Waals surface area contributed by atoms with Crippen molar-refractivity contribution in [1.82, 2.24) is 5.16 Å². The van der Waals surface area contributed by atoms with Crippen LogP contribution in [0, 0.1) is 17.5 Å². The number of nitrogens with one attached hydrogen (secondary N) is 1. The van der Waals surface area contributed by atoms with Gasteiger partial charge in [-0.3, -0.25) is 4.79 Å². The molecule has 26 heavy (non-hydrogen) atoms. The van der Waals surface area contributed by atoms with Crippen LogP contribution in [0.3, 0.4) is 0 Å². The van der Waals surface area contributed by atoms with E-state index >= 15 is 0 Å². The van der Waals surface area contributed by atoms with Crippen molar-refractivity contribution in [2.24, 2.45) is 0 Å². The van der Waals surface area contributed by atoms with Crippen LogP contribution in [0.2, 0.25) is 0 Å². The fourth-order valence-corrected chi connectivity index (χ4v) is 2.85. The molecule has 1 N–H and O–H groups in total. The number of carbonyl (C=O) groups is 1. The normalized spacial score (nSPS) is 14.9. The van der Waals surface area contributed by atoms with Gasteiger partial charge >= 0.3 is 0 Å². The number of nitrogens with zero attached hydrogens (tertiary/aromatic N) is 1. The van der Waals surface area contributed by atoms with Gasteiger partial charge in [0.2, 0.25) is 5.91 Å². The molecule has 0 saturated heterocycles. The first-order chi connectivity index (χ1) is 12.5. The monoisotopic (exact) mass is 358 g/mol. The van der Waals surface area contributed by atoms with Crippen LogP contribution in [0.5, 0.6) is 0 Å². The Labute approximate surface area is 146 Å². The van der Waals surface area contributed by atoms with E-state index in [-0.39, 0.29) is 17.0 Å². The summed E-state index contributed by atoms with van der Waals surface area (Å²) in [6.07, 6.45) is 1.01. The van der Waals surface area contributed by atoms with E-state index in [0.717, 1.165) is 12.1 Å². The number of carbonyl (C=O) groups excluding carboxylic acids is 1. The lowest BCUT2D eigenvalue weighted by molar-refractivity contribution is -0.118. The summed E-state index contributed by atoms with van der Waals surface area (Å²) in [6.45, 7) is 0. The number of halogens is 3. The lowest BCUT2D eigenvalue weighted by atomic mass is 10.00. The van der Waals surface area contributed by atoms with E-state index in [1.54, 1.807) is 18.2 Å². The average Bonchev–Trinajstić information content (AvgIpc) is 3.29. The molecule has 7 heteroatoms. The van der Waals surface area contributed by atoms with E-state index in [1.165, 1.54) is 12.1 Å². The number of anilines is 1. The summed E-state index contributed by atoms with van der Waals surface area (Å²) in [7, 11) is 0. The van der Waals surface area contributed by atoms with Gasteiger partial charge in [-0.05, 0) is 37.1 Å². The van der Waals surface area contributed by atoms with Crippen molar-refractivity contribution in [1.29, 1.82) is 0 Å². The number of amides is 1. The van der Waals surface area contributed by atoms with Crippen LogP contribution in [0.1, 0.15) is 18.5 Å². The molecule has 4 rings (SSSR count). The van der Waals surface area contributed by atoms with E-state index in [2.05, 4.69) is 10.5 Å². The molecule has 0 spiro atoms. The molecule has 0 radical (unpaired) electrons. The van der Waals surface area contributed by atoms with E-state index < -0.39 is 28.8 Å². The van der Waals surface area contributed by atoms with Crippen LogP contribution >= 0.6 is 0 Å². The molecule has 1 amide bonds. The minimum atomic E-state index is -0.951. The predicted molar refractivity (Wildman–Crippen MR) is 87.8 cm³/mol. The fourth-order valence-electron chi connectivity index (χ4n) is 2.85. The fraction of sp³-hybridized carbons (Fsp3) is 0.158. The molecule has 0 bridgehead atoms. The van der Waals surface area contributed by atoms with Gasteiger partial charge in [0.05, 0.1) is 22.4 Å². The molecule has 2 aromatic carbocycles. The van der Waals surface area contributed by atoms with Gasteiger partial charge in [0.15, 0.2) is 5.76 Å². The Morgan fingerprint density at radius 2 is 1.81 bits per heavy atom. The molecular formula is C19H13F3N2O2. The zero-order valence-electron chi connectivity index (χ0n) is 13.4. The summed E-state index contributed by atoms with van der Waals surface area (Å²) in [5.41, 5.74) is -0.461. The van der Waals surface area contributed by atoms with Gasteiger partial charge in [0.1, 0.15) is 17.5 Å². The molecular weight excluding hydrogens is 345 g/mol. The van der Waals surface area contributed by atoms with Crippen LogP contribution in [-0.4, -0.2) is 11.1 Å². The average molecular weight is 358 g/mol. The minimum Gasteiger partial charge on any atom is -0.356 e. The summed E-state index contributed by atoms with van der Waals surface area (Å²) in [5.74, 6) is -2.30. The maximum atomic E-state index is 13.9. The van der Waals surface area contributed by atoms with Crippen LogP contribution in [0.25, 0.3) is 11.3 Å². The van der Waals surface area contributed by atoms with E-state index in [0.29, 0.717) is 24.6 Å². The Kier molecular flexibility index (Phi) is 3.79. The molecule has 132 valence electrons. The molecule has 1 aliphatic carbocycles. The van der Waals surface area contributed by atoms with Gasteiger partial charge in [-0.2, -0.15) is 0 Å². The molecule has 1 fully saturated rings. The first kappa shape index (κ1) is 16.4. The van der Waals surface area contributed by atoms with Crippen molar-refractivity contribution in [3.8, 4) is 11.3 Å². The van der Waals surface area contributed by atoms with Crippen molar-refractivity contribution in [2.75, 3.05) is 5.32 Å². The highest BCUT2D eigenvalue weighted by Crippen LogP contribution is 2.49. The van der Waals surface area contributed by atoms with Crippen molar-refractivity contribution in [3.63, 3.8) is 0 Å². The maximum Gasteiger partial charge on any atom is 0.236 e. The molecule has 1 heterocycles. The second-order valence-corrected chi connectivity index (χ2v) is 6.22. The van der Waals surface area contributed by atoms with E-state index in [1.807, 2.05) is 0 Å². The molecule has 3 aromatic rings. The molecule has 1 aliphatic rings. The summed E-state index contributed by atoms with van der Waals surface area (Å²) < 4.78 is 45.8. The summed E-state index contributed by atoms with van der Waals surface area (Å²) in [4.78, 5) is 12.6. The highest BCUT2D eigenvalue weighted by Gasteiger charge is 2.54. The quantitative estimate of drug-likeness (QED) is 0.751. The summed E-state index contributed by atoms with van der Waals surface area (Å²) in [5, 5.41) is 6.37. The van der Waals surface area contributed by atoms with E-state index in [4.69, 9.17) is 4.52 Å². The largest absolute Gasteiger partial charge is 0.356 e. The Morgan fingerprint density at radius 3 is 2.50 bits per heavy atom. The Bertz CT molecular complexity index is 996. The van der Waals surface area contributed by atoms with Gasteiger partial charge < -0.3 is 9.84 Å². The second kappa shape index (κ2) is 6.01. The first-order valence-corrected chi connectivity index (χ1v) is 7.98. The van der Waals surface area contributed by atoms with Crippen LogP contribution < -0.4 is 5.32 Å². The highest BCUT2D eigenvalue weighted by molar-refractivity contribution is 6.01. The molecule has 0 unspecified atom stereocenters. The number of hydrogen-bond donors (Lipinski definition) is 1. The Balaban J connectivity index is 1.59. The van der Waals surface area contributed by atoms with Crippen molar-refractivity contribution in [2.45, 2.75) is 18.3 Å². The SMILES string of the molecule is O=C(Nc1ccc(F)cc1F)C1(c2cc(-c3ccccc3F)on2)CC1. The molecule has 0 aliphatic heterocycles. The lowest BCUT2D eigenvalue weighted by Crippen LogP contribution is -2.28. The van der Waals surface area contributed by atoms with Crippen LogP contribution in [-0.2, 0) is 10.2 Å². The standard InChI is InChI=1S/C19H13F3N2O2/c20-11-5-6-15(14(22)9-11)23-18(25)19(7-8-19)17-10-16(26-24-17)12-3-1-2-4-13(12)21/h1-6,9-10H,7-8H2,(H,23,25). The second-order valence-electron chi connectivity index (χ2n) is 6.22. The first-order valence-electron chi connectivity index (χ1n) is 7.98. The van der Waals surface area contributed by atoms with Gasteiger partial charge in [0, 0.05) is 12.1 Å². The minimum absolute atomic E-state index is 0.111. The smallest absolute Gasteiger partial charge is 0.236 e. The summed E-state index contributed by atoms with van der Waals surface area (Å²) >= 11 is 0. The number of hydrogen-bond acceptors (Lipinski definition) is 3. The van der Waals surface area contributed by atoms with Gasteiger partial charge in [-0.15, -0.1) is 0 Å². The summed E-state index contributed by atoms with van der Waals surface area (Å²) in [6, 6.07) is 10.5. The van der Waals surface area contributed by atoms with Gasteiger partial charge in [-0.25, -0.2) is 13.2 Å². The predicted octanol–water partition coefficient (Wildman–Crippen LogP) is 4.43. The number of benzene rings is 2. The molecule has 0 atom stereocenters. The maximum absolute atomic E-state index is 13.9. The molecule has 4 nitrogen and oxygen atoms in total. The zero-order chi connectivity index (χ0) is 18.3. The zero-order valence-corrected chi connectivity index (χ0v) is 13.4. The highest BCUT2D eigenvalue weighted by atomic mass is 19.1. The third-order valence-electron chi connectivity index (χ3n) is 4.50. The van der Waals surface area contributed by atoms with Crippen LogP contribution in [0.4, 0.5) is 18.9 Å². The van der Waals surface area contributed by atoms with Crippen molar-refractivity contribution >= 4 is 11.6 Å². The van der Waals surface area contributed by atoms with Gasteiger partial charge in [-0.1, -0.05) is 17.3 Å². The Hall–Kier alpha value is -3.09. The Morgan fingerprint density at radius 1 is 1.04 bits per heavy atom. The number of aromatic nitrogens is 1.